The van der Waals surface area contributed by atoms with Crippen LogP contribution in [0.4, 0.5) is 5.69 Å². The molecule has 0 unspecified atom stereocenters. The van der Waals surface area contributed by atoms with E-state index in [1.54, 1.807) is 30.4 Å². The highest BCUT2D eigenvalue weighted by molar-refractivity contribution is 8.18. The molecule has 1 heterocycles. The molecule has 0 spiro atoms. The van der Waals surface area contributed by atoms with Crippen LogP contribution in [0.15, 0.2) is 51.5 Å². The number of hydrogen-bond acceptors (Lipinski definition) is 6. The summed E-state index contributed by atoms with van der Waals surface area (Å²) in [6.45, 7) is 6.93. The van der Waals surface area contributed by atoms with Crippen molar-refractivity contribution < 1.29 is 9.72 Å². The predicted octanol–water partition coefficient (Wildman–Crippen LogP) is 4.91. The Balaban J connectivity index is 1.43. The Morgan fingerprint density at radius 1 is 1.23 bits per heavy atom. The van der Waals surface area contributed by atoms with Gasteiger partial charge >= 0.3 is 0 Å². The Morgan fingerprint density at radius 2 is 1.97 bits per heavy atom. The molecule has 4 rings (SSSR count). The molecular weight excluding hydrogens is 400 g/mol. The molecule has 1 amide bonds. The maximum absolute atomic E-state index is 12.2. The largest absolute Gasteiger partial charge is 0.299 e. The van der Waals surface area contributed by atoms with E-state index in [1.807, 2.05) is 0 Å². The second-order valence-corrected chi connectivity index (χ2v) is 9.77. The van der Waals surface area contributed by atoms with Crippen molar-refractivity contribution in [1.29, 1.82) is 0 Å². The molecule has 1 aliphatic heterocycles. The van der Waals surface area contributed by atoms with Crippen molar-refractivity contribution in [2.24, 2.45) is 27.0 Å². The van der Waals surface area contributed by atoms with Gasteiger partial charge in [-0.2, -0.15) is 5.10 Å². The zero-order valence-electron chi connectivity index (χ0n) is 17.2. The summed E-state index contributed by atoms with van der Waals surface area (Å²) in [6, 6.07) is 6.22. The number of nitrogens with zero attached hydrogens (tertiary/aromatic N) is 3. The molecule has 2 atom stereocenters. The van der Waals surface area contributed by atoms with E-state index in [-0.39, 0.29) is 22.4 Å². The number of thioether (sulfide) groups is 1. The molecule has 1 N–H and O–H groups in total. The molecule has 8 heteroatoms. The standard InChI is InChI=1S/C22H24N4O3S/c1-21(2)15-11-12-22(21,3)18(13-15)24-25-20-23-19(27)17(30-20)6-4-5-14-7-9-16(10-8-14)26(28)29/h4-10,15H,11-13H2,1-3H3,(H,23,25,27)/b5-4+,17-6+,24-18-/t15-,22+/m0/s1. The number of rotatable bonds is 4. The number of amidine groups is 1. The average Bonchev–Trinajstić information content (AvgIpc) is 3.23. The molecule has 3 fully saturated rings. The van der Waals surface area contributed by atoms with Gasteiger partial charge in [0.25, 0.3) is 11.6 Å². The molecule has 2 bridgehead atoms. The van der Waals surface area contributed by atoms with Gasteiger partial charge in [-0.3, -0.25) is 20.2 Å². The van der Waals surface area contributed by atoms with Gasteiger partial charge < -0.3 is 0 Å². The molecule has 7 nitrogen and oxygen atoms in total. The van der Waals surface area contributed by atoms with E-state index in [0.29, 0.717) is 16.0 Å². The summed E-state index contributed by atoms with van der Waals surface area (Å²) in [6.07, 6.45) is 8.62. The molecule has 0 aromatic heterocycles. The maximum Gasteiger partial charge on any atom is 0.269 e. The third-order valence-electron chi connectivity index (χ3n) is 7.06. The quantitative estimate of drug-likeness (QED) is 0.422. The van der Waals surface area contributed by atoms with Crippen LogP contribution in [0.1, 0.15) is 45.6 Å². The minimum absolute atomic E-state index is 0.0476. The lowest BCUT2D eigenvalue weighted by molar-refractivity contribution is -0.384. The van der Waals surface area contributed by atoms with Crippen molar-refractivity contribution in [3.8, 4) is 0 Å². The summed E-state index contributed by atoms with van der Waals surface area (Å²) in [5, 5.41) is 22.8. The van der Waals surface area contributed by atoms with Crippen LogP contribution in [-0.4, -0.2) is 21.7 Å². The molecule has 156 valence electrons. The van der Waals surface area contributed by atoms with Gasteiger partial charge in [-0.15, -0.1) is 5.10 Å². The highest BCUT2D eigenvalue weighted by Gasteiger charge is 2.60. The van der Waals surface area contributed by atoms with Gasteiger partial charge in [0.15, 0.2) is 5.17 Å². The number of nitro groups is 1. The van der Waals surface area contributed by atoms with Crippen LogP contribution < -0.4 is 5.32 Å². The lowest BCUT2D eigenvalue weighted by Gasteiger charge is -2.34. The van der Waals surface area contributed by atoms with Gasteiger partial charge in [-0.05, 0) is 66.1 Å². The average molecular weight is 425 g/mol. The number of carbonyl (C=O) groups is 1. The number of nitrogens with one attached hydrogen (secondary N) is 1. The number of nitro benzene ring substituents is 1. The smallest absolute Gasteiger partial charge is 0.269 e. The van der Waals surface area contributed by atoms with Crippen molar-refractivity contribution in [2.45, 2.75) is 40.0 Å². The van der Waals surface area contributed by atoms with Gasteiger partial charge in [0.05, 0.1) is 9.83 Å². The monoisotopic (exact) mass is 424 g/mol. The van der Waals surface area contributed by atoms with E-state index in [2.05, 4.69) is 36.3 Å². The molecule has 1 saturated heterocycles. The molecule has 0 radical (unpaired) electrons. The van der Waals surface area contributed by atoms with Crippen LogP contribution in [0, 0.1) is 26.9 Å². The van der Waals surface area contributed by atoms with E-state index in [0.717, 1.165) is 24.1 Å². The first-order valence-corrected chi connectivity index (χ1v) is 10.8. The van der Waals surface area contributed by atoms with E-state index in [9.17, 15) is 14.9 Å². The second kappa shape index (κ2) is 7.50. The fourth-order valence-electron chi connectivity index (χ4n) is 4.63. The minimum Gasteiger partial charge on any atom is -0.299 e. The molecule has 2 saturated carbocycles. The molecule has 1 aromatic rings. The number of amides is 1. The van der Waals surface area contributed by atoms with Crippen LogP contribution in [0.2, 0.25) is 0 Å². The fraction of sp³-hybridized carbons (Fsp3) is 0.409. The number of fused-ring (bicyclic) bond motifs is 2. The number of hydrogen-bond donors (Lipinski definition) is 1. The van der Waals surface area contributed by atoms with E-state index in [1.165, 1.54) is 30.3 Å². The Kier molecular flexibility index (Phi) is 5.13. The van der Waals surface area contributed by atoms with E-state index < -0.39 is 4.92 Å². The van der Waals surface area contributed by atoms with E-state index >= 15 is 0 Å². The van der Waals surface area contributed by atoms with E-state index in [4.69, 9.17) is 0 Å². The number of carbonyl (C=O) groups excluding carboxylic acids is 1. The Labute approximate surface area is 179 Å². The lowest BCUT2D eigenvalue weighted by Crippen LogP contribution is -2.32. The minimum atomic E-state index is -0.433. The number of allylic oxidation sites excluding steroid dienone is 2. The summed E-state index contributed by atoms with van der Waals surface area (Å²) < 4.78 is 0. The summed E-state index contributed by atoms with van der Waals surface area (Å²) >= 11 is 1.27. The number of non-ortho nitro benzene ring substituents is 1. The first-order chi connectivity index (χ1) is 14.2. The summed E-state index contributed by atoms with van der Waals surface area (Å²) in [5.41, 5.74) is 2.33. The van der Waals surface area contributed by atoms with Gasteiger partial charge in [0.1, 0.15) is 0 Å². The molecule has 30 heavy (non-hydrogen) atoms. The highest BCUT2D eigenvalue weighted by atomic mass is 32.2. The van der Waals surface area contributed by atoms with Crippen LogP contribution in [0.5, 0.6) is 0 Å². The van der Waals surface area contributed by atoms with Crippen LogP contribution in [0.3, 0.4) is 0 Å². The Hall–Kier alpha value is -2.74. The van der Waals surface area contributed by atoms with Gasteiger partial charge in [0, 0.05) is 23.3 Å². The fourth-order valence-corrected chi connectivity index (χ4v) is 5.35. The zero-order valence-corrected chi connectivity index (χ0v) is 18.0. The molecule has 1 aromatic carbocycles. The van der Waals surface area contributed by atoms with Crippen LogP contribution in [0.25, 0.3) is 6.08 Å². The maximum atomic E-state index is 12.2. The van der Waals surface area contributed by atoms with Crippen molar-refractivity contribution >= 4 is 40.3 Å². The van der Waals surface area contributed by atoms with Crippen molar-refractivity contribution in [3.05, 3.63) is 57.0 Å². The third kappa shape index (κ3) is 3.49. The van der Waals surface area contributed by atoms with Gasteiger partial charge in [-0.1, -0.05) is 32.9 Å². The Bertz CT molecular complexity index is 1020. The van der Waals surface area contributed by atoms with Crippen LogP contribution in [-0.2, 0) is 4.79 Å². The summed E-state index contributed by atoms with van der Waals surface area (Å²) in [5.74, 6) is 0.457. The zero-order chi connectivity index (χ0) is 21.5. The van der Waals surface area contributed by atoms with Gasteiger partial charge in [-0.25, -0.2) is 0 Å². The normalized spacial score (nSPS) is 31.4. The Morgan fingerprint density at radius 3 is 2.57 bits per heavy atom. The SMILES string of the molecule is CC1(C)[C@H]2CC[C@]1(C)/C(=N\N=C1\NC(=O)/C(=C\C=C\c3ccc([N+](=O)[O-])cc3)S1)C2. The predicted molar refractivity (Wildman–Crippen MR) is 120 cm³/mol. The third-order valence-corrected chi connectivity index (χ3v) is 7.98. The first kappa shape index (κ1) is 20.5. The first-order valence-electron chi connectivity index (χ1n) is 9.98. The topological polar surface area (TPSA) is 97.0 Å². The van der Waals surface area contributed by atoms with Crippen molar-refractivity contribution in [1.82, 2.24) is 5.32 Å². The molecule has 2 aliphatic carbocycles. The lowest BCUT2D eigenvalue weighted by atomic mass is 9.70. The summed E-state index contributed by atoms with van der Waals surface area (Å²) in [4.78, 5) is 23.0. The molecule has 3 aliphatic rings. The van der Waals surface area contributed by atoms with Crippen molar-refractivity contribution in [3.63, 3.8) is 0 Å². The summed E-state index contributed by atoms with van der Waals surface area (Å²) in [7, 11) is 0. The van der Waals surface area contributed by atoms with Crippen LogP contribution >= 0.6 is 11.8 Å². The van der Waals surface area contributed by atoms with Gasteiger partial charge in [0.2, 0.25) is 0 Å². The number of benzene rings is 1. The second-order valence-electron chi connectivity index (χ2n) is 8.74. The molecular formula is C22H24N4O3S. The van der Waals surface area contributed by atoms with Crippen molar-refractivity contribution in [2.75, 3.05) is 0 Å². The highest BCUT2D eigenvalue weighted by Crippen LogP contribution is 2.64.